The summed E-state index contributed by atoms with van der Waals surface area (Å²) in [6.07, 6.45) is -6.27. The first-order valence-electron chi connectivity index (χ1n) is 11.2. The monoisotopic (exact) mass is 526 g/mol. The summed E-state index contributed by atoms with van der Waals surface area (Å²) in [4.78, 5) is 26.5. The molecule has 9 heteroatoms. The molecule has 0 fully saturated rings. The number of esters is 1. The van der Waals surface area contributed by atoms with Crippen LogP contribution in [0.4, 0.5) is 18.9 Å². The first kappa shape index (κ1) is 26.0. The zero-order chi connectivity index (χ0) is 26.7. The molecule has 1 heterocycles. The third-order valence-electron chi connectivity index (χ3n) is 5.78. The number of hydrogen-bond acceptors (Lipinski definition) is 3. The zero-order valence-electron chi connectivity index (χ0n) is 19.8. The number of rotatable bonds is 6. The Labute approximate surface area is 216 Å². The first-order chi connectivity index (χ1) is 17.6. The molecule has 5 nitrogen and oxygen atoms in total. The molecular formula is C28H22ClF3N2O3. The highest BCUT2D eigenvalue weighted by Gasteiger charge is 2.35. The molecule has 0 aliphatic rings. The highest BCUT2D eigenvalue weighted by atomic mass is 35.5. The fourth-order valence-corrected chi connectivity index (χ4v) is 4.25. The minimum absolute atomic E-state index is 0.134. The number of aromatic nitrogens is 1. The second-order valence-corrected chi connectivity index (χ2v) is 8.77. The second kappa shape index (κ2) is 10.5. The molecule has 0 saturated heterocycles. The number of carbonyl (C=O) groups is 2. The lowest BCUT2D eigenvalue weighted by molar-refractivity contribution is -0.137. The van der Waals surface area contributed by atoms with Crippen molar-refractivity contribution < 1.29 is 27.5 Å². The van der Waals surface area contributed by atoms with E-state index in [2.05, 4.69) is 5.32 Å². The van der Waals surface area contributed by atoms with E-state index in [1.54, 1.807) is 43.3 Å². The van der Waals surface area contributed by atoms with Crippen LogP contribution in [0.1, 0.15) is 39.0 Å². The number of aryl methyl sites for hydroxylation is 1. The topological polar surface area (TPSA) is 60.3 Å². The van der Waals surface area contributed by atoms with Crippen molar-refractivity contribution in [1.29, 1.82) is 0 Å². The summed E-state index contributed by atoms with van der Waals surface area (Å²) >= 11 is 5.74. The fraction of sp³-hybridized carbons (Fsp3) is 0.143. The number of alkyl halides is 3. The van der Waals surface area contributed by atoms with Crippen molar-refractivity contribution in [3.8, 4) is 5.69 Å². The fourth-order valence-electron chi connectivity index (χ4n) is 4.07. The van der Waals surface area contributed by atoms with Crippen molar-refractivity contribution in [1.82, 2.24) is 4.57 Å². The maximum atomic E-state index is 13.6. The van der Waals surface area contributed by atoms with Crippen molar-refractivity contribution in [2.75, 3.05) is 5.32 Å². The number of carbonyl (C=O) groups excluding carboxylic acids is 2. The molecular weight excluding hydrogens is 505 g/mol. The van der Waals surface area contributed by atoms with Gasteiger partial charge in [-0.3, -0.25) is 4.79 Å². The third kappa shape index (κ3) is 5.70. The van der Waals surface area contributed by atoms with E-state index in [-0.39, 0.29) is 10.6 Å². The Balaban J connectivity index is 1.66. The number of nitrogens with zero attached hydrogens (tertiary/aromatic N) is 1. The number of para-hydroxylation sites is 1. The van der Waals surface area contributed by atoms with Crippen molar-refractivity contribution >= 4 is 29.2 Å². The normalized spacial score (nSPS) is 12.2. The van der Waals surface area contributed by atoms with Gasteiger partial charge in [0.1, 0.15) is 0 Å². The Morgan fingerprint density at radius 2 is 1.54 bits per heavy atom. The molecule has 0 aliphatic carbocycles. The van der Waals surface area contributed by atoms with Crippen LogP contribution in [-0.4, -0.2) is 16.4 Å². The molecule has 3 aromatic carbocycles. The Morgan fingerprint density at radius 1 is 0.919 bits per heavy atom. The average molecular weight is 527 g/mol. The van der Waals surface area contributed by atoms with Gasteiger partial charge in [-0.25, -0.2) is 4.79 Å². The summed E-state index contributed by atoms with van der Waals surface area (Å²) in [7, 11) is 0. The highest BCUT2D eigenvalue weighted by molar-refractivity contribution is 6.30. The number of ether oxygens (including phenoxy) is 1. The van der Waals surface area contributed by atoms with E-state index in [1.807, 2.05) is 41.8 Å². The largest absolute Gasteiger partial charge is 0.444 e. The molecule has 1 aromatic heterocycles. The summed E-state index contributed by atoms with van der Waals surface area (Å²) in [6.45, 7) is 3.58. The van der Waals surface area contributed by atoms with Gasteiger partial charge in [0.25, 0.3) is 5.91 Å². The van der Waals surface area contributed by atoms with E-state index in [1.165, 1.54) is 6.07 Å². The molecule has 4 rings (SSSR count). The maximum Gasteiger partial charge on any atom is 0.418 e. The molecule has 0 bridgehead atoms. The van der Waals surface area contributed by atoms with E-state index in [9.17, 15) is 22.8 Å². The quantitative estimate of drug-likeness (QED) is 0.268. The Bertz CT molecular complexity index is 1430. The van der Waals surface area contributed by atoms with Gasteiger partial charge >= 0.3 is 12.1 Å². The minimum atomic E-state index is -4.76. The second-order valence-electron chi connectivity index (χ2n) is 8.33. The van der Waals surface area contributed by atoms with E-state index < -0.39 is 35.4 Å². The Morgan fingerprint density at radius 3 is 2.16 bits per heavy atom. The van der Waals surface area contributed by atoms with Gasteiger partial charge in [0.15, 0.2) is 0 Å². The third-order valence-corrected chi connectivity index (χ3v) is 6.01. The van der Waals surface area contributed by atoms with Crippen LogP contribution in [-0.2, 0) is 15.7 Å². The van der Waals surface area contributed by atoms with Gasteiger partial charge in [-0.2, -0.15) is 13.2 Å². The van der Waals surface area contributed by atoms with Gasteiger partial charge in [0, 0.05) is 27.7 Å². The van der Waals surface area contributed by atoms with Gasteiger partial charge in [-0.15, -0.1) is 0 Å². The van der Waals surface area contributed by atoms with Crippen LogP contribution in [0.25, 0.3) is 5.69 Å². The zero-order valence-corrected chi connectivity index (χ0v) is 20.6. The molecule has 1 unspecified atom stereocenters. The summed E-state index contributed by atoms with van der Waals surface area (Å²) in [5.74, 6) is -1.73. The summed E-state index contributed by atoms with van der Waals surface area (Å²) in [5, 5.41) is 2.12. The molecule has 190 valence electrons. The molecule has 1 atom stereocenters. The van der Waals surface area contributed by atoms with E-state index in [0.29, 0.717) is 11.3 Å². The van der Waals surface area contributed by atoms with Gasteiger partial charge in [0.05, 0.1) is 16.8 Å². The number of benzene rings is 3. The van der Waals surface area contributed by atoms with Gasteiger partial charge < -0.3 is 14.6 Å². The number of halogens is 4. The van der Waals surface area contributed by atoms with Gasteiger partial charge in [-0.1, -0.05) is 60.1 Å². The highest BCUT2D eigenvalue weighted by Crippen LogP contribution is 2.37. The lowest BCUT2D eigenvalue weighted by atomic mass is 10.1. The predicted molar refractivity (Wildman–Crippen MR) is 135 cm³/mol. The van der Waals surface area contributed by atoms with E-state index in [4.69, 9.17) is 16.3 Å². The molecule has 1 amide bonds. The smallest absolute Gasteiger partial charge is 0.418 e. The molecule has 4 aromatic rings. The lowest BCUT2D eigenvalue weighted by Gasteiger charge is -2.20. The maximum absolute atomic E-state index is 13.6. The lowest BCUT2D eigenvalue weighted by Crippen LogP contribution is -2.27. The predicted octanol–water partition coefficient (Wildman–Crippen LogP) is 7.30. The van der Waals surface area contributed by atoms with Crippen molar-refractivity contribution in [2.24, 2.45) is 0 Å². The number of nitrogens with one attached hydrogen (secondary N) is 1. The summed E-state index contributed by atoms with van der Waals surface area (Å²) in [6, 6.07) is 22.1. The van der Waals surface area contributed by atoms with Crippen molar-refractivity contribution in [3.05, 3.63) is 118 Å². The van der Waals surface area contributed by atoms with Crippen molar-refractivity contribution in [3.63, 3.8) is 0 Å². The molecule has 0 aliphatic heterocycles. The van der Waals surface area contributed by atoms with Crippen LogP contribution in [0.5, 0.6) is 0 Å². The first-order valence-corrected chi connectivity index (χ1v) is 11.6. The SMILES string of the molecule is Cc1cc(C(=O)OC(C(=O)Nc2ccc(Cl)cc2C(F)(F)F)c2ccccc2)c(C)n1-c1ccccc1. The van der Waals surface area contributed by atoms with Crippen molar-refractivity contribution in [2.45, 2.75) is 26.1 Å². The molecule has 0 spiro atoms. The Hall–Kier alpha value is -4.04. The molecule has 0 saturated carbocycles. The average Bonchev–Trinajstić information content (AvgIpc) is 3.17. The van der Waals surface area contributed by atoms with Crippen LogP contribution < -0.4 is 5.32 Å². The van der Waals surface area contributed by atoms with Crippen LogP contribution in [0.3, 0.4) is 0 Å². The van der Waals surface area contributed by atoms with Crippen LogP contribution >= 0.6 is 11.6 Å². The van der Waals surface area contributed by atoms with E-state index in [0.717, 1.165) is 23.5 Å². The number of hydrogen-bond donors (Lipinski definition) is 1. The summed E-state index contributed by atoms with van der Waals surface area (Å²) < 4.78 is 48.2. The van der Waals surface area contributed by atoms with Crippen LogP contribution in [0.2, 0.25) is 5.02 Å². The van der Waals surface area contributed by atoms with Crippen LogP contribution in [0, 0.1) is 13.8 Å². The number of anilines is 1. The molecule has 1 N–H and O–H groups in total. The van der Waals surface area contributed by atoms with Gasteiger partial charge in [-0.05, 0) is 50.2 Å². The van der Waals surface area contributed by atoms with Gasteiger partial charge in [0.2, 0.25) is 6.10 Å². The molecule has 0 radical (unpaired) electrons. The number of amides is 1. The molecule has 37 heavy (non-hydrogen) atoms. The van der Waals surface area contributed by atoms with E-state index >= 15 is 0 Å². The standard InChI is InChI=1S/C28H22ClF3N2O3/c1-17-15-22(18(2)34(17)21-11-7-4-8-12-21)27(36)37-25(19-9-5-3-6-10-19)26(35)33-24-14-13-20(29)16-23(24)28(30,31)32/h3-16,25H,1-2H3,(H,33,35). The minimum Gasteiger partial charge on any atom is -0.444 e. The summed E-state index contributed by atoms with van der Waals surface area (Å²) in [5.41, 5.74) is 1.13. The Kier molecular flexibility index (Phi) is 7.40. The van der Waals surface area contributed by atoms with Crippen LogP contribution in [0.15, 0.2) is 84.9 Å².